The largest absolute Gasteiger partial charge is 0.490 e. The first-order valence-corrected chi connectivity index (χ1v) is 12.9. The van der Waals surface area contributed by atoms with Crippen LogP contribution in [-0.2, 0) is 6.42 Å². The third-order valence-electron chi connectivity index (χ3n) is 6.21. The highest BCUT2D eigenvalue weighted by Crippen LogP contribution is 2.39. The lowest BCUT2D eigenvalue weighted by Gasteiger charge is -2.27. The fraction of sp³-hybridized carbons (Fsp3) is 0.241. The lowest BCUT2D eigenvalue weighted by molar-refractivity contribution is 0.0932. The predicted octanol–water partition coefficient (Wildman–Crippen LogP) is 6.34. The number of hydrogen-bond acceptors (Lipinski definition) is 6. The summed E-state index contributed by atoms with van der Waals surface area (Å²) in [7, 11) is 0. The summed E-state index contributed by atoms with van der Waals surface area (Å²) in [6.07, 6.45) is 2.80. The molecule has 1 heterocycles. The average Bonchev–Trinajstić information content (AvgIpc) is 3.39. The van der Waals surface area contributed by atoms with Crippen LogP contribution >= 0.6 is 11.3 Å². The van der Waals surface area contributed by atoms with Crippen molar-refractivity contribution in [3.63, 3.8) is 0 Å². The van der Waals surface area contributed by atoms with Crippen molar-refractivity contribution in [3.8, 4) is 33.0 Å². The van der Waals surface area contributed by atoms with E-state index in [4.69, 9.17) is 4.74 Å². The van der Waals surface area contributed by atoms with E-state index >= 15 is 0 Å². The van der Waals surface area contributed by atoms with E-state index in [1.54, 1.807) is 6.07 Å². The Kier molecular flexibility index (Phi) is 6.79. The number of nitrogens with one attached hydrogen (secondary N) is 1. The monoisotopic (exact) mass is 494 g/mol. The number of carbonyl (C=O) groups is 1. The summed E-state index contributed by atoms with van der Waals surface area (Å²) in [4.78, 5) is 12.8. The van der Waals surface area contributed by atoms with Crippen LogP contribution in [0.1, 0.15) is 59.8 Å². The number of aromatic nitrogens is 2. The van der Waals surface area contributed by atoms with Crippen LogP contribution in [-0.4, -0.2) is 22.2 Å². The Bertz CT molecular complexity index is 1440. The minimum Gasteiger partial charge on any atom is -0.490 e. The molecule has 4 aromatic rings. The molecule has 0 fully saturated rings. The van der Waals surface area contributed by atoms with E-state index in [0.717, 1.165) is 46.0 Å². The molecule has 0 saturated carbocycles. The van der Waals surface area contributed by atoms with Gasteiger partial charge in [-0.2, -0.15) is 5.26 Å². The molecule has 6 nitrogen and oxygen atoms in total. The maximum Gasteiger partial charge on any atom is 0.251 e. The van der Waals surface area contributed by atoms with Gasteiger partial charge in [0.15, 0.2) is 0 Å². The van der Waals surface area contributed by atoms with Gasteiger partial charge < -0.3 is 10.1 Å². The van der Waals surface area contributed by atoms with Gasteiger partial charge in [0.1, 0.15) is 21.8 Å². The zero-order valence-electron chi connectivity index (χ0n) is 20.2. The number of benzene rings is 3. The first-order chi connectivity index (χ1) is 17.5. The van der Waals surface area contributed by atoms with E-state index in [2.05, 4.69) is 33.7 Å². The predicted molar refractivity (Wildman–Crippen MR) is 141 cm³/mol. The fourth-order valence-electron chi connectivity index (χ4n) is 4.59. The SMILES string of the molecule is CC(C)Oc1ccc(-c2nnc(-c3cccc4c3CCC[C@H]4NC(=O)c3ccccc3)s2)cc1C#N. The van der Waals surface area contributed by atoms with Gasteiger partial charge in [-0.05, 0) is 74.6 Å². The molecule has 1 atom stereocenters. The molecule has 0 bridgehead atoms. The van der Waals surface area contributed by atoms with Crippen molar-refractivity contribution < 1.29 is 9.53 Å². The molecule has 0 unspecified atom stereocenters. The van der Waals surface area contributed by atoms with E-state index < -0.39 is 0 Å². The molecule has 1 aliphatic carbocycles. The highest BCUT2D eigenvalue weighted by molar-refractivity contribution is 7.17. The quantitative estimate of drug-likeness (QED) is 0.338. The fourth-order valence-corrected chi connectivity index (χ4v) is 5.48. The smallest absolute Gasteiger partial charge is 0.251 e. The van der Waals surface area contributed by atoms with Gasteiger partial charge in [0.2, 0.25) is 0 Å². The number of hydrogen-bond donors (Lipinski definition) is 1. The van der Waals surface area contributed by atoms with E-state index in [1.165, 1.54) is 16.9 Å². The molecule has 1 N–H and O–H groups in total. The lowest BCUT2D eigenvalue weighted by Crippen LogP contribution is -2.31. The second kappa shape index (κ2) is 10.3. The summed E-state index contributed by atoms with van der Waals surface area (Å²) < 4.78 is 5.74. The molecule has 1 amide bonds. The number of nitrogens with zero attached hydrogens (tertiary/aromatic N) is 3. The maximum absolute atomic E-state index is 12.8. The lowest BCUT2D eigenvalue weighted by atomic mass is 9.85. The highest BCUT2D eigenvalue weighted by atomic mass is 32.1. The average molecular weight is 495 g/mol. The zero-order valence-corrected chi connectivity index (χ0v) is 21.0. The van der Waals surface area contributed by atoms with Crippen LogP contribution in [0, 0.1) is 11.3 Å². The van der Waals surface area contributed by atoms with Gasteiger partial charge in [0.05, 0.1) is 17.7 Å². The van der Waals surface area contributed by atoms with Crippen LogP contribution in [0.15, 0.2) is 66.7 Å². The number of carbonyl (C=O) groups excluding carboxylic acids is 1. The van der Waals surface area contributed by atoms with Crippen molar-refractivity contribution in [1.82, 2.24) is 15.5 Å². The second-order valence-corrected chi connectivity index (χ2v) is 10.0. The van der Waals surface area contributed by atoms with Crippen LogP contribution in [0.3, 0.4) is 0 Å². The van der Waals surface area contributed by atoms with Gasteiger partial charge in [0, 0.05) is 16.7 Å². The van der Waals surface area contributed by atoms with Crippen LogP contribution in [0.25, 0.3) is 21.1 Å². The van der Waals surface area contributed by atoms with Gasteiger partial charge in [-0.3, -0.25) is 4.79 Å². The molecule has 3 aromatic carbocycles. The molecule has 0 radical (unpaired) electrons. The number of rotatable bonds is 6. The number of ether oxygens (including phenoxy) is 1. The summed E-state index contributed by atoms with van der Waals surface area (Å²) in [5, 5.41) is 23.3. The first-order valence-electron chi connectivity index (χ1n) is 12.1. The Morgan fingerprint density at radius 1 is 1.08 bits per heavy atom. The van der Waals surface area contributed by atoms with Crippen LogP contribution < -0.4 is 10.1 Å². The molecular formula is C29H26N4O2S. The van der Waals surface area contributed by atoms with E-state index in [1.807, 2.05) is 62.4 Å². The normalized spacial score (nSPS) is 14.7. The standard InChI is InChI=1S/C29H26N4O2S/c1-18(2)35-26-15-14-20(16-21(26)17-30)28-32-33-29(36-28)24-12-6-11-23-22(24)10-7-13-25(23)31-27(34)19-8-4-3-5-9-19/h3-6,8-9,11-12,14-16,18,25H,7,10,13H2,1-2H3,(H,31,34)/t25-/m1/s1. The van der Waals surface area contributed by atoms with Crippen molar-refractivity contribution in [3.05, 3.63) is 89.0 Å². The van der Waals surface area contributed by atoms with E-state index in [9.17, 15) is 10.1 Å². The van der Waals surface area contributed by atoms with Crippen molar-refractivity contribution in [1.29, 1.82) is 5.26 Å². The summed E-state index contributed by atoms with van der Waals surface area (Å²) in [6.45, 7) is 3.87. The van der Waals surface area contributed by atoms with Gasteiger partial charge in [-0.25, -0.2) is 0 Å². The minimum absolute atomic E-state index is 0.0124. The Hall–Kier alpha value is -4.02. The third kappa shape index (κ3) is 4.86. The van der Waals surface area contributed by atoms with E-state index in [-0.39, 0.29) is 18.1 Å². The highest BCUT2D eigenvalue weighted by Gasteiger charge is 2.25. The van der Waals surface area contributed by atoms with Crippen molar-refractivity contribution >= 4 is 17.2 Å². The molecule has 7 heteroatoms. The molecule has 180 valence electrons. The number of nitriles is 1. The topological polar surface area (TPSA) is 87.9 Å². The van der Waals surface area contributed by atoms with Gasteiger partial charge in [-0.15, -0.1) is 10.2 Å². The second-order valence-electron chi connectivity index (χ2n) is 9.06. The molecule has 1 aromatic heterocycles. The first kappa shape index (κ1) is 23.7. The number of amides is 1. The molecule has 36 heavy (non-hydrogen) atoms. The Morgan fingerprint density at radius 2 is 1.89 bits per heavy atom. The van der Waals surface area contributed by atoms with Crippen LogP contribution in [0.2, 0.25) is 0 Å². The molecule has 0 spiro atoms. The van der Waals surface area contributed by atoms with Crippen molar-refractivity contribution in [2.75, 3.05) is 0 Å². The maximum atomic E-state index is 12.8. The Morgan fingerprint density at radius 3 is 2.67 bits per heavy atom. The summed E-state index contributed by atoms with van der Waals surface area (Å²) in [5.41, 5.74) is 5.38. The summed E-state index contributed by atoms with van der Waals surface area (Å²) in [5.74, 6) is 0.511. The van der Waals surface area contributed by atoms with E-state index in [0.29, 0.717) is 16.9 Å². The zero-order chi connectivity index (χ0) is 25.1. The number of fused-ring (bicyclic) bond motifs is 1. The Balaban J connectivity index is 1.43. The van der Waals surface area contributed by atoms with Crippen LogP contribution in [0.5, 0.6) is 5.75 Å². The third-order valence-corrected chi connectivity index (χ3v) is 7.22. The summed E-state index contributed by atoms with van der Waals surface area (Å²) >= 11 is 1.50. The summed E-state index contributed by atoms with van der Waals surface area (Å²) in [6, 6.07) is 23.2. The molecular weight excluding hydrogens is 468 g/mol. The van der Waals surface area contributed by atoms with Crippen molar-refractivity contribution in [2.45, 2.75) is 45.3 Å². The minimum atomic E-state index is -0.0600. The van der Waals surface area contributed by atoms with Gasteiger partial charge in [0.25, 0.3) is 5.91 Å². The van der Waals surface area contributed by atoms with Gasteiger partial charge in [-0.1, -0.05) is 47.7 Å². The molecule has 0 aliphatic heterocycles. The van der Waals surface area contributed by atoms with Crippen molar-refractivity contribution in [2.24, 2.45) is 0 Å². The van der Waals surface area contributed by atoms with Crippen LogP contribution in [0.4, 0.5) is 0 Å². The molecule has 0 saturated heterocycles. The van der Waals surface area contributed by atoms with Gasteiger partial charge >= 0.3 is 0 Å². The Labute approximate surface area is 214 Å². The molecule has 1 aliphatic rings. The molecule has 5 rings (SSSR count).